The van der Waals surface area contributed by atoms with Crippen LogP contribution in [-0.2, 0) is 4.74 Å². The zero-order valence-electron chi connectivity index (χ0n) is 12.0. The van der Waals surface area contributed by atoms with Gasteiger partial charge in [-0.25, -0.2) is 14.2 Å². The number of benzene rings is 1. The van der Waals surface area contributed by atoms with E-state index in [0.717, 1.165) is 5.69 Å². The number of nitro groups is 1. The molecule has 0 aliphatic rings. The number of esters is 1. The van der Waals surface area contributed by atoms with Crippen molar-refractivity contribution in [1.29, 1.82) is 0 Å². The van der Waals surface area contributed by atoms with Gasteiger partial charge >= 0.3 is 11.7 Å². The van der Waals surface area contributed by atoms with E-state index in [-0.39, 0.29) is 5.69 Å². The summed E-state index contributed by atoms with van der Waals surface area (Å²) in [6.45, 7) is 0. The van der Waals surface area contributed by atoms with Crippen LogP contribution in [0.1, 0.15) is 10.4 Å². The minimum atomic E-state index is -0.514. The van der Waals surface area contributed by atoms with Crippen LogP contribution in [0, 0.1) is 10.1 Å². The molecule has 0 aliphatic heterocycles. The normalized spacial score (nSPS) is 10.5. The summed E-state index contributed by atoms with van der Waals surface area (Å²) in [7, 11) is 1.32. The Labute approximate surface area is 129 Å². The van der Waals surface area contributed by atoms with Crippen LogP contribution in [0.2, 0.25) is 0 Å². The second kappa shape index (κ2) is 5.72. The molecular formula is C14H11N5O4. The van der Waals surface area contributed by atoms with Crippen molar-refractivity contribution in [2.45, 2.75) is 0 Å². The molecule has 9 heteroatoms. The molecule has 2 heterocycles. The maximum atomic E-state index is 11.4. The Balaban J connectivity index is 1.86. The highest BCUT2D eigenvalue weighted by atomic mass is 16.6. The molecule has 2 aromatic heterocycles. The van der Waals surface area contributed by atoms with Gasteiger partial charge in [0.25, 0.3) is 0 Å². The van der Waals surface area contributed by atoms with Gasteiger partial charge in [0.2, 0.25) is 0 Å². The largest absolute Gasteiger partial charge is 0.465 e. The monoisotopic (exact) mass is 313 g/mol. The lowest BCUT2D eigenvalue weighted by Gasteiger charge is -2.02. The molecule has 0 bridgehead atoms. The van der Waals surface area contributed by atoms with Gasteiger partial charge in [-0.15, -0.1) is 0 Å². The van der Waals surface area contributed by atoms with Crippen LogP contribution in [0.25, 0.3) is 11.4 Å². The zero-order valence-corrected chi connectivity index (χ0v) is 12.0. The lowest BCUT2D eigenvalue weighted by Crippen LogP contribution is -2.02. The van der Waals surface area contributed by atoms with Crippen molar-refractivity contribution in [2.75, 3.05) is 7.11 Å². The lowest BCUT2D eigenvalue weighted by atomic mass is 10.2. The molecule has 0 N–H and O–H groups in total. The molecule has 0 saturated heterocycles. The van der Waals surface area contributed by atoms with Crippen LogP contribution in [-0.4, -0.2) is 37.6 Å². The van der Waals surface area contributed by atoms with Crippen LogP contribution in [0.3, 0.4) is 0 Å². The van der Waals surface area contributed by atoms with E-state index in [0.29, 0.717) is 11.3 Å². The van der Waals surface area contributed by atoms with Crippen molar-refractivity contribution in [3.05, 3.63) is 64.7 Å². The number of ether oxygens (including phenoxy) is 1. The van der Waals surface area contributed by atoms with Crippen LogP contribution in [0.15, 0.2) is 49.1 Å². The summed E-state index contributed by atoms with van der Waals surface area (Å²) in [5.74, 6) is -0.415. The molecule has 9 nitrogen and oxygen atoms in total. The first kappa shape index (κ1) is 14.4. The average Bonchev–Trinajstić information content (AvgIpc) is 3.23. The van der Waals surface area contributed by atoms with Crippen LogP contribution < -0.4 is 0 Å². The number of hydrogen-bond acceptors (Lipinski definition) is 6. The Hall–Kier alpha value is -3.49. The van der Waals surface area contributed by atoms with Crippen molar-refractivity contribution >= 4 is 11.7 Å². The third-order valence-corrected chi connectivity index (χ3v) is 3.17. The Kier molecular flexibility index (Phi) is 3.59. The highest BCUT2D eigenvalue weighted by molar-refractivity contribution is 5.89. The first-order chi connectivity index (χ1) is 11.1. The number of hydrogen-bond donors (Lipinski definition) is 0. The molecule has 0 amide bonds. The van der Waals surface area contributed by atoms with E-state index in [9.17, 15) is 14.9 Å². The van der Waals surface area contributed by atoms with Gasteiger partial charge in [0, 0.05) is 0 Å². The quantitative estimate of drug-likeness (QED) is 0.413. The molecule has 0 saturated carbocycles. The van der Waals surface area contributed by atoms with Crippen molar-refractivity contribution < 1.29 is 14.5 Å². The van der Waals surface area contributed by atoms with Gasteiger partial charge < -0.3 is 4.74 Å². The first-order valence-corrected chi connectivity index (χ1v) is 6.51. The first-order valence-electron chi connectivity index (χ1n) is 6.51. The van der Waals surface area contributed by atoms with Crippen molar-refractivity contribution in [2.24, 2.45) is 0 Å². The second-order valence-corrected chi connectivity index (χ2v) is 4.58. The molecule has 0 spiro atoms. The Bertz CT molecular complexity index is 865. The predicted octanol–water partition coefficient (Wildman–Crippen LogP) is 1.75. The van der Waals surface area contributed by atoms with E-state index in [1.165, 1.54) is 30.4 Å². The molecule has 0 radical (unpaired) electrons. The van der Waals surface area contributed by atoms with Gasteiger partial charge in [-0.3, -0.25) is 10.1 Å². The molecule has 3 aromatic rings. The van der Waals surface area contributed by atoms with E-state index < -0.39 is 10.9 Å². The summed E-state index contributed by atoms with van der Waals surface area (Å²) in [5, 5.41) is 18.8. The van der Waals surface area contributed by atoms with E-state index in [1.807, 2.05) is 0 Å². The fourth-order valence-corrected chi connectivity index (χ4v) is 1.99. The summed E-state index contributed by atoms with van der Waals surface area (Å²) >= 11 is 0. The summed E-state index contributed by atoms with van der Waals surface area (Å²) in [5.41, 5.74) is 1.65. The van der Waals surface area contributed by atoms with Crippen molar-refractivity contribution in [3.63, 3.8) is 0 Å². The summed E-state index contributed by atoms with van der Waals surface area (Å²) < 4.78 is 7.58. The molecule has 23 heavy (non-hydrogen) atoms. The lowest BCUT2D eigenvalue weighted by molar-refractivity contribution is -0.384. The standard InChI is InChI=1S/C14H11N5O4/c1-23-14(20)10-2-4-11(5-3-10)17-8-12(6-15-17)18-9-13(7-16-18)19(21)22/h2-9H,1H3. The smallest absolute Gasteiger partial charge is 0.337 e. The van der Waals surface area contributed by atoms with Gasteiger partial charge in [-0.1, -0.05) is 0 Å². The number of nitrogens with zero attached hydrogens (tertiary/aromatic N) is 5. The summed E-state index contributed by atoms with van der Waals surface area (Å²) in [6.07, 6.45) is 5.68. The fraction of sp³-hybridized carbons (Fsp3) is 0.0714. The van der Waals surface area contributed by atoms with Crippen molar-refractivity contribution in [3.8, 4) is 11.4 Å². The third-order valence-electron chi connectivity index (χ3n) is 3.17. The molecule has 0 fully saturated rings. The maximum Gasteiger partial charge on any atom is 0.337 e. The molecule has 0 unspecified atom stereocenters. The SMILES string of the molecule is COC(=O)c1ccc(-n2cc(-n3cc([N+](=O)[O-])cn3)cn2)cc1. The number of aromatic nitrogens is 4. The zero-order chi connectivity index (χ0) is 16.4. The predicted molar refractivity (Wildman–Crippen MR) is 78.7 cm³/mol. The van der Waals surface area contributed by atoms with E-state index in [1.54, 1.807) is 35.1 Å². The van der Waals surface area contributed by atoms with Gasteiger partial charge in [-0.2, -0.15) is 10.2 Å². The van der Waals surface area contributed by atoms with E-state index in [4.69, 9.17) is 0 Å². The van der Waals surface area contributed by atoms with E-state index >= 15 is 0 Å². The molecular weight excluding hydrogens is 302 g/mol. The van der Waals surface area contributed by atoms with Gasteiger partial charge in [-0.05, 0) is 24.3 Å². The summed E-state index contributed by atoms with van der Waals surface area (Å²) in [4.78, 5) is 21.6. The molecule has 1 aromatic carbocycles. The van der Waals surface area contributed by atoms with Gasteiger partial charge in [0.1, 0.15) is 18.1 Å². The topological polar surface area (TPSA) is 105 Å². The Morgan fingerprint density at radius 2 is 1.74 bits per heavy atom. The molecule has 116 valence electrons. The molecule has 0 atom stereocenters. The number of carbonyl (C=O) groups is 1. The van der Waals surface area contributed by atoms with Gasteiger partial charge in [0.15, 0.2) is 0 Å². The third kappa shape index (κ3) is 2.79. The highest BCUT2D eigenvalue weighted by Gasteiger charge is 2.12. The van der Waals surface area contributed by atoms with Crippen LogP contribution >= 0.6 is 0 Å². The molecule has 3 rings (SSSR count). The number of rotatable bonds is 4. The average molecular weight is 313 g/mol. The number of methoxy groups -OCH3 is 1. The van der Waals surface area contributed by atoms with Crippen LogP contribution in [0.4, 0.5) is 5.69 Å². The minimum Gasteiger partial charge on any atom is -0.465 e. The van der Waals surface area contributed by atoms with Gasteiger partial charge in [0.05, 0.1) is 35.7 Å². The van der Waals surface area contributed by atoms with Crippen molar-refractivity contribution in [1.82, 2.24) is 19.6 Å². The Morgan fingerprint density at radius 1 is 1.09 bits per heavy atom. The Morgan fingerprint density at radius 3 is 2.35 bits per heavy atom. The minimum absolute atomic E-state index is 0.0971. The number of carbonyl (C=O) groups excluding carboxylic acids is 1. The molecule has 0 aliphatic carbocycles. The summed E-state index contributed by atoms with van der Waals surface area (Å²) in [6, 6.07) is 6.69. The second-order valence-electron chi connectivity index (χ2n) is 4.58. The highest BCUT2D eigenvalue weighted by Crippen LogP contribution is 2.15. The van der Waals surface area contributed by atoms with Crippen LogP contribution in [0.5, 0.6) is 0 Å². The maximum absolute atomic E-state index is 11.4. The fourth-order valence-electron chi connectivity index (χ4n) is 1.99. The van der Waals surface area contributed by atoms with E-state index in [2.05, 4.69) is 14.9 Å².